The van der Waals surface area contributed by atoms with Crippen LogP contribution in [0.4, 0.5) is 32.6 Å². The number of aromatic nitrogens is 2. The summed E-state index contributed by atoms with van der Waals surface area (Å²) in [6, 6.07) is -0.298. The van der Waals surface area contributed by atoms with Crippen LogP contribution in [0.25, 0.3) is 5.69 Å². The summed E-state index contributed by atoms with van der Waals surface area (Å²) >= 11 is 11.0. The van der Waals surface area contributed by atoms with Crippen molar-refractivity contribution in [3.05, 3.63) is 50.6 Å². The van der Waals surface area contributed by atoms with Crippen molar-refractivity contribution in [1.29, 1.82) is 0 Å². The van der Waals surface area contributed by atoms with Crippen molar-refractivity contribution in [2.75, 3.05) is 0 Å². The first-order valence-electron chi connectivity index (χ1n) is 5.79. The van der Waals surface area contributed by atoms with Crippen LogP contribution >= 0.6 is 33.4 Å². The molecule has 2 rings (SSSR count). The lowest BCUT2D eigenvalue weighted by Gasteiger charge is -2.40. The molecule has 0 aliphatic carbocycles. The second kappa shape index (κ2) is 5.01. The minimum atomic E-state index is -10.1. The summed E-state index contributed by atoms with van der Waals surface area (Å²) in [6.07, 6.45) is -4.63. The van der Waals surface area contributed by atoms with Crippen LogP contribution in [0.1, 0.15) is 5.69 Å². The third-order valence-corrected chi connectivity index (χ3v) is 4.48. The van der Waals surface area contributed by atoms with Gasteiger partial charge in [-0.05, 0) is 12.1 Å². The van der Waals surface area contributed by atoms with E-state index in [9.17, 15) is 37.4 Å². The molecule has 0 saturated carbocycles. The molecule has 0 unspecified atom stereocenters. The zero-order valence-electron chi connectivity index (χ0n) is 11.3. The van der Waals surface area contributed by atoms with Crippen LogP contribution in [0.5, 0.6) is 0 Å². The van der Waals surface area contributed by atoms with Crippen LogP contribution in [-0.4, -0.2) is 9.55 Å². The van der Waals surface area contributed by atoms with Gasteiger partial charge in [0.25, 0.3) is 5.56 Å². The highest BCUT2D eigenvalue weighted by Gasteiger charge is 2.65. The molecule has 0 amide bonds. The van der Waals surface area contributed by atoms with E-state index in [2.05, 4.69) is 4.98 Å². The van der Waals surface area contributed by atoms with Crippen molar-refractivity contribution in [2.45, 2.75) is 11.1 Å². The molecule has 0 atom stereocenters. The molecule has 1 heterocycles. The molecular weight excluding hydrogens is 431 g/mol. The van der Waals surface area contributed by atoms with Gasteiger partial charge >= 0.3 is 16.4 Å². The van der Waals surface area contributed by atoms with Gasteiger partial charge in [-0.1, -0.05) is 42.6 Å². The molecular formula is C11H4Cl2F8N2OS. The monoisotopic (exact) mass is 434 g/mol. The van der Waals surface area contributed by atoms with Crippen LogP contribution < -0.4 is 5.56 Å². The predicted molar refractivity (Wildman–Crippen MR) is 76.3 cm³/mol. The van der Waals surface area contributed by atoms with E-state index in [0.29, 0.717) is 10.9 Å². The molecule has 0 saturated heterocycles. The van der Waals surface area contributed by atoms with Crippen molar-refractivity contribution >= 4 is 33.4 Å². The van der Waals surface area contributed by atoms with Crippen LogP contribution in [0, 0.1) is 0 Å². The summed E-state index contributed by atoms with van der Waals surface area (Å²) in [5, 5.41) is -2.06. The van der Waals surface area contributed by atoms with E-state index in [1.54, 1.807) is 0 Å². The first-order valence-corrected chi connectivity index (χ1v) is 8.50. The van der Waals surface area contributed by atoms with Crippen molar-refractivity contribution < 1.29 is 32.6 Å². The van der Waals surface area contributed by atoms with E-state index in [1.807, 2.05) is 0 Å². The Kier molecular flexibility index (Phi) is 3.97. The normalized spacial score (nSPS) is 15.6. The zero-order valence-corrected chi connectivity index (χ0v) is 13.6. The molecule has 0 bridgehead atoms. The fourth-order valence-electron chi connectivity index (χ4n) is 1.72. The lowest BCUT2D eigenvalue weighted by Crippen LogP contribution is -2.22. The molecule has 0 aliphatic rings. The third kappa shape index (κ3) is 4.18. The Morgan fingerprint density at radius 2 is 1.44 bits per heavy atom. The zero-order chi connectivity index (χ0) is 19.5. The van der Waals surface area contributed by atoms with Gasteiger partial charge in [-0.2, -0.15) is 13.2 Å². The molecule has 140 valence electrons. The molecule has 3 nitrogen and oxygen atoms in total. The number of rotatable bonds is 2. The van der Waals surface area contributed by atoms with Crippen molar-refractivity contribution in [2.24, 2.45) is 0 Å². The number of alkyl halides is 3. The summed E-state index contributed by atoms with van der Waals surface area (Å²) in [7, 11) is -10.1. The van der Waals surface area contributed by atoms with Crippen molar-refractivity contribution in [3.8, 4) is 5.69 Å². The summed E-state index contributed by atoms with van der Waals surface area (Å²) in [5.74, 6) is 0. The average molecular weight is 435 g/mol. The van der Waals surface area contributed by atoms with Gasteiger partial charge in [-0.25, -0.2) is 4.98 Å². The molecule has 14 heteroatoms. The quantitative estimate of drug-likeness (QED) is 0.526. The average Bonchev–Trinajstić information content (AvgIpc) is 2.35. The largest absolute Gasteiger partial charge is 0.433 e. The van der Waals surface area contributed by atoms with E-state index in [-0.39, 0.29) is 18.2 Å². The van der Waals surface area contributed by atoms with Crippen LogP contribution in [0.2, 0.25) is 10.0 Å². The Hall–Kier alpha value is -1.53. The Labute approximate surface area is 143 Å². The van der Waals surface area contributed by atoms with Gasteiger partial charge in [0.05, 0.1) is 15.7 Å². The van der Waals surface area contributed by atoms with Gasteiger partial charge < -0.3 is 0 Å². The maximum atomic E-state index is 12.8. The minimum absolute atomic E-state index is 0.0467. The van der Waals surface area contributed by atoms with Crippen LogP contribution in [0.3, 0.4) is 0 Å². The highest BCUT2D eigenvalue weighted by atomic mass is 35.5. The summed E-state index contributed by atoms with van der Waals surface area (Å²) in [5.41, 5.74) is -3.67. The van der Waals surface area contributed by atoms with E-state index in [0.717, 1.165) is 0 Å². The summed E-state index contributed by atoms with van der Waals surface area (Å²) in [6.45, 7) is 0. The Morgan fingerprint density at radius 3 is 1.80 bits per heavy atom. The lowest BCUT2D eigenvalue weighted by molar-refractivity contribution is -0.141. The third-order valence-electron chi connectivity index (χ3n) is 2.78. The SMILES string of the molecule is O=c1cc(C(F)(F)F)ncn1-c1c(Cl)cc(S(F)(F)(F)(F)F)cc1Cl. The van der Waals surface area contributed by atoms with Gasteiger partial charge in [-0.3, -0.25) is 9.36 Å². The second-order valence-electron chi connectivity index (χ2n) is 4.68. The molecule has 25 heavy (non-hydrogen) atoms. The fraction of sp³-hybridized carbons (Fsp3) is 0.0909. The predicted octanol–water partition coefficient (Wildman–Crippen LogP) is 6.22. The molecule has 0 radical (unpaired) electrons. The first kappa shape index (κ1) is 19.8. The van der Waals surface area contributed by atoms with E-state index >= 15 is 0 Å². The highest BCUT2D eigenvalue weighted by Crippen LogP contribution is 3.02. The van der Waals surface area contributed by atoms with Gasteiger partial charge in [0.2, 0.25) is 0 Å². The summed E-state index contributed by atoms with van der Waals surface area (Å²) in [4.78, 5) is 12.3. The van der Waals surface area contributed by atoms with Crippen molar-refractivity contribution in [1.82, 2.24) is 9.55 Å². The van der Waals surface area contributed by atoms with Gasteiger partial charge in [0.1, 0.15) is 11.2 Å². The molecule has 0 N–H and O–H groups in total. The standard InChI is InChI=1S/C11H4Cl2F8N2OS/c12-6-1-5(25(17,18,19,20)21)2-7(13)10(6)23-4-22-8(3-9(23)24)11(14,15)16/h1-4H. The molecule has 1 aromatic carbocycles. The number of halogens is 10. The van der Waals surface area contributed by atoms with Crippen LogP contribution in [0.15, 0.2) is 34.2 Å². The topological polar surface area (TPSA) is 34.9 Å². The second-order valence-corrected chi connectivity index (χ2v) is 7.91. The van der Waals surface area contributed by atoms with E-state index < -0.39 is 48.3 Å². The Balaban J connectivity index is 2.70. The Bertz CT molecular complexity index is 900. The fourth-order valence-corrected chi connectivity index (χ4v) is 3.20. The number of nitrogens with zero attached hydrogens (tertiary/aromatic N) is 2. The maximum absolute atomic E-state index is 12.8. The van der Waals surface area contributed by atoms with Gasteiger partial charge in [0.15, 0.2) is 5.69 Å². The first-order chi connectivity index (χ1) is 10.9. The maximum Gasteiger partial charge on any atom is 0.433 e. The summed E-state index contributed by atoms with van der Waals surface area (Å²) < 4.78 is 102. The molecule has 0 spiro atoms. The highest BCUT2D eigenvalue weighted by molar-refractivity contribution is 8.45. The number of benzene rings is 1. The number of hydrogen-bond donors (Lipinski definition) is 0. The smallest absolute Gasteiger partial charge is 0.269 e. The minimum Gasteiger partial charge on any atom is -0.269 e. The molecule has 1 aromatic heterocycles. The van der Waals surface area contributed by atoms with Crippen molar-refractivity contribution in [3.63, 3.8) is 0 Å². The molecule has 2 aromatic rings. The molecule has 0 fully saturated rings. The lowest BCUT2D eigenvalue weighted by atomic mass is 10.3. The van der Waals surface area contributed by atoms with Gasteiger partial charge in [-0.15, -0.1) is 0 Å². The van der Waals surface area contributed by atoms with Gasteiger partial charge in [0, 0.05) is 6.07 Å². The van der Waals surface area contributed by atoms with Crippen LogP contribution in [-0.2, 0) is 6.18 Å². The van der Waals surface area contributed by atoms with E-state index in [1.165, 1.54) is 0 Å². The van der Waals surface area contributed by atoms with E-state index in [4.69, 9.17) is 23.2 Å². The Morgan fingerprint density at radius 1 is 0.960 bits per heavy atom. The molecule has 0 aliphatic heterocycles. The number of hydrogen-bond acceptors (Lipinski definition) is 2.